The SMILES string of the molecule is CC(C)C[C@H](NC(=O)[C@H](Cc1c[nH]c2ccccc12)NC(=O)[C@H](C)N)C(=O)N1CCC[C@H]1C(=O)N[C@@H](Cc1c[nH]c2ccccc12)C(=O)N[C@@H](C)C(=O)N[C@@H](CCCCN)C(=O)O. The van der Waals surface area contributed by atoms with E-state index in [1.807, 2.05) is 62.4 Å². The number of unbranched alkanes of at least 4 members (excludes halogenated alkanes) is 1. The van der Waals surface area contributed by atoms with Crippen molar-refractivity contribution in [3.8, 4) is 0 Å². The van der Waals surface area contributed by atoms with Crippen LogP contribution in [0.2, 0.25) is 0 Å². The molecule has 0 bridgehead atoms. The highest BCUT2D eigenvalue weighted by atomic mass is 16.4. The molecule has 1 saturated heterocycles. The molecule has 1 aliphatic rings. The lowest BCUT2D eigenvalue weighted by molar-refractivity contribution is -0.143. The van der Waals surface area contributed by atoms with E-state index in [-0.39, 0.29) is 44.6 Å². The molecular formula is C45H62N10O8. The number of carbonyl (C=O) groups is 7. The molecule has 4 aromatic rings. The van der Waals surface area contributed by atoms with Crippen LogP contribution in [0.15, 0.2) is 60.9 Å². The predicted molar refractivity (Wildman–Crippen MR) is 238 cm³/mol. The van der Waals surface area contributed by atoms with E-state index in [0.29, 0.717) is 31.4 Å². The lowest BCUT2D eigenvalue weighted by Gasteiger charge is -2.31. The quantitative estimate of drug-likeness (QED) is 0.0508. The van der Waals surface area contributed by atoms with E-state index in [1.54, 1.807) is 12.4 Å². The monoisotopic (exact) mass is 870 g/mol. The second-order valence-electron chi connectivity index (χ2n) is 16.8. The highest BCUT2D eigenvalue weighted by Crippen LogP contribution is 2.24. The topological polar surface area (TPSA) is 287 Å². The van der Waals surface area contributed by atoms with Gasteiger partial charge in [-0.25, -0.2) is 4.79 Å². The van der Waals surface area contributed by atoms with Crippen molar-refractivity contribution in [1.29, 1.82) is 0 Å². The molecule has 0 unspecified atom stereocenters. The van der Waals surface area contributed by atoms with Crippen molar-refractivity contribution in [2.75, 3.05) is 13.1 Å². The van der Waals surface area contributed by atoms with E-state index in [0.717, 1.165) is 27.4 Å². The molecule has 1 fully saturated rings. The first-order valence-corrected chi connectivity index (χ1v) is 21.7. The third-order valence-electron chi connectivity index (χ3n) is 11.4. The van der Waals surface area contributed by atoms with Crippen LogP contribution in [0.1, 0.15) is 77.3 Å². The molecule has 2 aromatic heterocycles. The lowest BCUT2D eigenvalue weighted by atomic mass is 9.99. The summed E-state index contributed by atoms with van der Waals surface area (Å²) in [4.78, 5) is 103. The number of nitrogens with zero attached hydrogens (tertiary/aromatic N) is 1. The Morgan fingerprint density at radius 3 is 1.81 bits per heavy atom. The average Bonchev–Trinajstić information content (AvgIpc) is 4.01. The predicted octanol–water partition coefficient (Wildman–Crippen LogP) is 1.48. The van der Waals surface area contributed by atoms with E-state index in [2.05, 4.69) is 36.6 Å². The highest BCUT2D eigenvalue weighted by Gasteiger charge is 2.40. The number of carboxylic acid groups (broad SMARTS) is 1. The fourth-order valence-electron chi connectivity index (χ4n) is 7.93. The van der Waals surface area contributed by atoms with Crippen LogP contribution >= 0.6 is 0 Å². The molecule has 3 heterocycles. The summed E-state index contributed by atoms with van der Waals surface area (Å²) in [6.07, 6.45) is 5.86. The Balaban J connectivity index is 1.34. The maximum Gasteiger partial charge on any atom is 0.326 e. The normalized spacial score (nSPS) is 16.7. The van der Waals surface area contributed by atoms with E-state index in [1.165, 1.54) is 18.7 Å². The number of aromatic amines is 2. The third-order valence-corrected chi connectivity index (χ3v) is 11.4. The van der Waals surface area contributed by atoms with Crippen molar-refractivity contribution in [1.82, 2.24) is 41.5 Å². The summed E-state index contributed by atoms with van der Waals surface area (Å²) in [5.41, 5.74) is 14.6. The van der Waals surface area contributed by atoms with Crippen LogP contribution in [0.4, 0.5) is 0 Å². The summed E-state index contributed by atoms with van der Waals surface area (Å²) in [6, 6.07) is 7.41. The molecule has 6 amide bonds. The molecule has 7 atom stereocenters. The molecule has 0 saturated carbocycles. The van der Waals surface area contributed by atoms with E-state index >= 15 is 0 Å². The van der Waals surface area contributed by atoms with Crippen molar-refractivity contribution in [2.45, 2.75) is 121 Å². The van der Waals surface area contributed by atoms with Gasteiger partial charge in [-0.1, -0.05) is 50.2 Å². The largest absolute Gasteiger partial charge is 0.480 e. The number of amides is 6. The van der Waals surface area contributed by atoms with Crippen LogP contribution in [0, 0.1) is 5.92 Å². The van der Waals surface area contributed by atoms with Crippen LogP contribution in [-0.4, -0.2) is 117 Å². The van der Waals surface area contributed by atoms with Crippen LogP contribution < -0.4 is 38.1 Å². The van der Waals surface area contributed by atoms with Gasteiger partial charge in [-0.15, -0.1) is 0 Å². The number of aromatic nitrogens is 2. The standard InChI is InChI=1S/C45H62N10O8/c1-25(2)20-37(54-42(59)36(52-39(56)26(3)47)22-29-24-49-33-15-8-6-13-31(29)33)44(61)55-19-11-17-38(55)43(60)53-35(21-28-23-48-32-14-7-5-12-30(28)32)41(58)50-27(4)40(57)51-34(45(62)63)16-9-10-18-46/h5-8,12-15,23-27,34-38,48-49H,9-11,16-22,46-47H2,1-4H3,(H,50,58)(H,51,57)(H,52,56)(H,53,60)(H,54,59)(H,62,63)/t26-,27-,34-,35-,36-,37-,38-/m0/s1. The molecule has 18 nitrogen and oxygen atoms in total. The van der Waals surface area contributed by atoms with Gasteiger partial charge < -0.3 is 58.0 Å². The van der Waals surface area contributed by atoms with Crippen molar-refractivity contribution in [3.63, 3.8) is 0 Å². The molecule has 0 spiro atoms. The molecule has 0 aliphatic carbocycles. The summed E-state index contributed by atoms with van der Waals surface area (Å²) in [5, 5.41) is 25.0. The molecule has 0 radical (unpaired) electrons. The van der Waals surface area contributed by atoms with Gasteiger partial charge in [0.15, 0.2) is 0 Å². The van der Waals surface area contributed by atoms with Crippen molar-refractivity contribution in [3.05, 3.63) is 72.1 Å². The number of rotatable bonds is 22. The summed E-state index contributed by atoms with van der Waals surface area (Å²) >= 11 is 0. The Bertz CT molecular complexity index is 2250. The highest BCUT2D eigenvalue weighted by molar-refractivity contribution is 5.98. The summed E-state index contributed by atoms with van der Waals surface area (Å²) in [7, 11) is 0. The number of likely N-dealkylation sites (tertiary alicyclic amines) is 1. The first kappa shape index (κ1) is 47.8. The maximum atomic E-state index is 14.5. The van der Waals surface area contributed by atoms with Gasteiger partial charge in [0, 0.05) is 53.6 Å². The van der Waals surface area contributed by atoms with Gasteiger partial charge in [0.25, 0.3) is 0 Å². The number of nitrogens with one attached hydrogen (secondary N) is 7. The van der Waals surface area contributed by atoms with Crippen LogP contribution in [0.25, 0.3) is 21.8 Å². The Kier molecular flexibility index (Phi) is 16.8. The first-order chi connectivity index (χ1) is 30.1. The van der Waals surface area contributed by atoms with Crippen molar-refractivity contribution >= 4 is 63.2 Å². The number of hydrogen-bond acceptors (Lipinski definition) is 9. The minimum Gasteiger partial charge on any atom is -0.480 e. The molecule has 2 aromatic carbocycles. The van der Waals surface area contributed by atoms with Gasteiger partial charge in [-0.05, 0) is 88.1 Å². The second kappa shape index (κ2) is 22.2. The van der Waals surface area contributed by atoms with Crippen molar-refractivity contribution in [2.24, 2.45) is 17.4 Å². The fourth-order valence-corrected chi connectivity index (χ4v) is 7.93. The number of benzene rings is 2. The Morgan fingerprint density at radius 2 is 1.25 bits per heavy atom. The van der Waals surface area contributed by atoms with Crippen molar-refractivity contribution < 1.29 is 38.7 Å². The summed E-state index contributed by atoms with van der Waals surface area (Å²) in [5.74, 6) is -4.89. The average molecular weight is 871 g/mol. The summed E-state index contributed by atoms with van der Waals surface area (Å²) < 4.78 is 0. The number of aliphatic carboxylic acids is 1. The van der Waals surface area contributed by atoms with Gasteiger partial charge in [0.2, 0.25) is 35.4 Å². The zero-order chi connectivity index (χ0) is 45.8. The zero-order valence-corrected chi connectivity index (χ0v) is 36.4. The summed E-state index contributed by atoms with van der Waals surface area (Å²) in [6.45, 7) is 7.33. The number of hydrogen-bond donors (Lipinski definition) is 10. The lowest BCUT2D eigenvalue weighted by Crippen LogP contribution is -2.59. The van der Waals surface area contributed by atoms with E-state index in [4.69, 9.17) is 11.5 Å². The van der Waals surface area contributed by atoms with Crippen LogP contribution in [0.3, 0.4) is 0 Å². The molecule has 12 N–H and O–H groups in total. The Labute approximate surface area is 366 Å². The molecule has 1 aliphatic heterocycles. The zero-order valence-electron chi connectivity index (χ0n) is 36.4. The van der Waals surface area contributed by atoms with E-state index in [9.17, 15) is 38.7 Å². The molecule has 340 valence electrons. The number of H-pyrrole nitrogens is 2. The number of carboxylic acids is 1. The third kappa shape index (κ3) is 12.7. The minimum atomic E-state index is -1.22. The van der Waals surface area contributed by atoms with Crippen LogP contribution in [0.5, 0.6) is 0 Å². The second-order valence-corrected chi connectivity index (χ2v) is 16.8. The molecule has 5 rings (SSSR count). The van der Waals surface area contributed by atoms with Gasteiger partial charge in [0.05, 0.1) is 6.04 Å². The van der Waals surface area contributed by atoms with Gasteiger partial charge in [-0.2, -0.15) is 0 Å². The van der Waals surface area contributed by atoms with Gasteiger partial charge >= 0.3 is 5.97 Å². The molecule has 18 heteroatoms. The maximum absolute atomic E-state index is 14.5. The smallest absolute Gasteiger partial charge is 0.326 e. The Morgan fingerprint density at radius 1 is 0.714 bits per heavy atom. The van der Waals surface area contributed by atoms with Gasteiger partial charge in [0.1, 0.15) is 36.3 Å². The number of fused-ring (bicyclic) bond motifs is 2. The number of nitrogens with two attached hydrogens (primary N) is 2. The number of carbonyl (C=O) groups excluding carboxylic acids is 6. The minimum absolute atomic E-state index is 0.0183. The van der Waals surface area contributed by atoms with E-state index < -0.39 is 83.7 Å². The molecular weight excluding hydrogens is 809 g/mol. The Hall–Kier alpha value is -6.27. The fraction of sp³-hybridized carbons (Fsp3) is 0.489. The first-order valence-electron chi connectivity index (χ1n) is 21.7. The van der Waals surface area contributed by atoms with Gasteiger partial charge in [-0.3, -0.25) is 28.8 Å². The molecule has 63 heavy (non-hydrogen) atoms. The van der Waals surface area contributed by atoms with Crippen LogP contribution in [-0.2, 0) is 46.4 Å². The number of para-hydroxylation sites is 2.